The molecule has 0 aliphatic carbocycles. The molecule has 0 aromatic carbocycles. The van der Waals surface area contributed by atoms with Gasteiger partial charge in [-0.25, -0.2) is 0 Å². The molecule has 1 unspecified atom stereocenters. The van der Waals surface area contributed by atoms with Crippen LogP contribution in [0.4, 0.5) is 0 Å². The minimum absolute atomic E-state index is 0.115. The third-order valence-electron chi connectivity index (χ3n) is 12.9. The zero-order valence-electron chi connectivity index (χ0n) is 51.3. The molecule has 0 N–H and O–H groups in total. The Labute approximate surface area is 492 Å². The van der Waals surface area contributed by atoms with Gasteiger partial charge < -0.3 is 14.2 Å². The largest absolute Gasteiger partial charge is 0.462 e. The van der Waals surface area contributed by atoms with Gasteiger partial charge in [0.1, 0.15) is 13.2 Å². The second kappa shape index (κ2) is 66.3. The van der Waals surface area contributed by atoms with E-state index in [4.69, 9.17) is 14.2 Å². The summed E-state index contributed by atoms with van der Waals surface area (Å²) in [5.74, 6) is -1.00. The molecule has 0 bridgehead atoms. The highest BCUT2D eigenvalue weighted by molar-refractivity contribution is 5.71. The van der Waals surface area contributed by atoms with Crippen molar-refractivity contribution in [3.8, 4) is 0 Å². The molecule has 6 heteroatoms. The van der Waals surface area contributed by atoms with E-state index in [0.29, 0.717) is 19.3 Å². The summed E-state index contributed by atoms with van der Waals surface area (Å²) in [5, 5.41) is 0. The lowest BCUT2D eigenvalue weighted by atomic mass is 10.1. The Morgan fingerprint density at radius 2 is 0.500 bits per heavy atom. The summed E-state index contributed by atoms with van der Waals surface area (Å²) in [4.78, 5) is 38.3. The average Bonchev–Trinajstić information content (AvgIpc) is 3.46. The van der Waals surface area contributed by atoms with Crippen LogP contribution in [0.2, 0.25) is 0 Å². The van der Waals surface area contributed by atoms with E-state index in [9.17, 15) is 14.4 Å². The standard InChI is InChI=1S/C74H116O6/c1-4-7-10-13-16-19-22-25-28-31-32-33-34-35-36-37-38-39-40-41-42-44-46-49-52-55-58-61-64-67-73(76)79-70-71(69-78-72(75)66-63-60-57-54-51-48-45-30-27-24-21-18-15-12-9-6-3)80-74(77)68-65-62-59-56-53-50-47-43-29-26-23-20-17-14-11-8-5-2/h7-8,10-11,16-17,19-21,24-26,28-30,32-33,35-36,38-39,41-42,45-46,49,55,58,71H,4-6,9,12-15,18,22-23,27,31,34,37,40,43-44,47-48,50-54,56-57,59-70H2,1-3H3/b10-7-,11-8-,19-16-,20-17-,24-21-,28-25-,29-26-,33-32-,36-35-,39-38-,42-41-,45-30-,49-46-,58-55-. The smallest absolute Gasteiger partial charge is 0.306 e. The minimum Gasteiger partial charge on any atom is -0.462 e. The van der Waals surface area contributed by atoms with Crippen molar-refractivity contribution in [1.29, 1.82) is 0 Å². The average molecular weight is 1100 g/mol. The van der Waals surface area contributed by atoms with E-state index in [1.807, 2.05) is 0 Å². The summed E-state index contributed by atoms with van der Waals surface area (Å²) >= 11 is 0. The fraction of sp³-hybridized carbons (Fsp3) is 0.581. The summed E-state index contributed by atoms with van der Waals surface area (Å²) < 4.78 is 16.8. The number of unbranched alkanes of at least 4 members (excludes halogenated alkanes) is 17. The monoisotopic (exact) mass is 1100 g/mol. The summed E-state index contributed by atoms with van der Waals surface area (Å²) in [6.45, 7) is 6.32. The topological polar surface area (TPSA) is 78.9 Å². The quantitative estimate of drug-likeness (QED) is 0.0261. The summed E-state index contributed by atoms with van der Waals surface area (Å²) in [7, 11) is 0. The highest BCUT2D eigenvalue weighted by Crippen LogP contribution is 2.14. The predicted molar refractivity (Wildman–Crippen MR) is 348 cm³/mol. The Hall–Kier alpha value is -5.23. The number of rotatable bonds is 56. The molecule has 80 heavy (non-hydrogen) atoms. The van der Waals surface area contributed by atoms with E-state index in [1.165, 1.54) is 51.4 Å². The lowest BCUT2D eigenvalue weighted by molar-refractivity contribution is -0.167. The third kappa shape index (κ3) is 63.6. The van der Waals surface area contributed by atoms with Crippen LogP contribution < -0.4 is 0 Å². The molecule has 0 spiro atoms. The number of esters is 3. The molecule has 0 amide bonds. The van der Waals surface area contributed by atoms with Crippen molar-refractivity contribution in [3.63, 3.8) is 0 Å². The van der Waals surface area contributed by atoms with Gasteiger partial charge in [-0.2, -0.15) is 0 Å². The molecule has 0 saturated carbocycles. The molecule has 0 heterocycles. The number of carbonyl (C=O) groups excluding carboxylic acids is 3. The fourth-order valence-electron chi connectivity index (χ4n) is 8.19. The molecule has 0 fully saturated rings. The Bertz CT molecular complexity index is 1840. The van der Waals surface area contributed by atoms with Gasteiger partial charge in [0.2, 0.25) is 0 Å². The van der Waals surface area contributed by atoms with Crippen LogP contribution >= 0.6 is 0 Å². The van der Waals surface area contributed by atoms with Crippen LogP contribution in [0.15, 0.2) is 170 Å². The molecule has 0 aromatic rings. The van der Waals surface area contributed by atoms with Crippen LogP contribution in [-0.2, 0) is 28.6 Å². The van der Waals surface area contributed by atoms with E-state index >= 15 is 0 Å². The maximum absolute atomic E-state index is 12.9. The maximum atomic E-state index is 12.9. The van der Waals surface area contributed by atoms with Crippen molar-refractivity contribution in [2.45, 2.75) is 264 Å². The number of carbonyl (C=O) groups is 3. The molecule has 0 aliphatic rings. The number of allylic oxidation sites excluding steroid dienone is 28. The normalized spacial score (nSPS) is 13.3. The van der Waals surface area contributed by atoms with Crippen molar-refractivity contribution >= 4 is 17.9 Å². The van der Waals surface area contributed by atoms with Gasteiger partial charge >= 0.3 is 17.9 Å². The molecule has 1 atom stereocenters. The van der Waals surface area contributed by atoms with Crippen LogP contribution in [0.5, 0.6) is 0 Å². The molecule has 6 nitrogen and oxygen atoms in total. The van der Waals surface area contributed by atoms with Crippen molar-refractivity contribution in [3.05, 3.63) is 170 Å². The molecule has 448 valence electrons. The molecular formula is C74H116O6. The van der Waals surface area contributed by atoms with Gasteiger partial charge in [-0.1, -0.05) is 262 Å². The number of ether oxygens (including phenoxy) is 3. The zero-order chi connectivity index (χ0) is 57.8. The molecular weight excluding hydrogens is 985 g/mol. The van der Waals surface area contributed by atoms with Crippen molar-refractivity contribution in [2.24, 2.45) is 0 Å². The first-order valence-corrected chi connectivity index (χ1v) is 32.1. The molecule has 0 saturated heterocycles. The van der Waals surface area contributed by atoms with Gasteiger partial charge in [0.05, 0.1) is 0 Å². The van der Waals surface area contributed by atoms with Gasteiger partial charge in [0.15, 0.2) is 6.10 Å². The minimum atomic E-state index is -0.823. The highest BCUT2D eigenvalue weighted by atomic mass is 16.6. The molecule has 0 aromatic heterocycles. The van der Waals surface area contributed by atoms with E-state index < -0.39 is 6.10 Å². The second-order valence-corrected chi connectivity index (χ2v) is 20.5. The fourth-order valence-corrected chi connectivity index (χ4v) is 8.19. The molecule has 0 radical (unpaired) electrons. The van der Waals surface area contributed by atoms with E-state index in [1.54, 1.807) is 0 Å². The Kier molecular flexibility index (Phi) is 61.9. The number of hydrogen-bond acceptors (Lipinski definition) is 6. The Morgan fingerprint density at radius 1 is 0.263 bits per heavy atom. The van der Waals surface area contributed by atoms with Gasteiger partial charge in [-0.3, -0.25) is 14.4 Å². The first kappa shape index (κ1) is 74.8. The highest BCUT2D eigenvalue weighted by Gasteiger charge is 2.19. The van der Waals surface area contributed by atoms with Crippen molar-refractivity contribution in [2.75, 3.05) is 13.2 Å². The SMILES string of the molecule is CC/C=C\C/C=C\C/C=C\C/C=C\C/C=C\C/C=C\C/C=C\C/C=C\C/C=C\CCCC(=O)OCC(COC(=O)CCCCCCC/C=C\C/C=C\CCCCCC)OC(=O)CCCCCCCCC/C=C\C/C=C\C/C=C\CC. The Morgan fingerprint density at radius 3 is 0.812 bits per heavy atom. The van der Waals surface area contributed by atoms with Crippen LogP contribution in [0.25, 0.3) is 0 Å². The summed E-state index contributed by atoms with van der Waals surface area (Å²) in [5.41, 5.74) is 0. The van der Waals surface area contributed by atoms with Gasteiger partial charge in [-0.15, -0.1) is 0 Å². The maximum Gasteiger partial charge on any atom is 0.306 e. The third-order valence-corrected chi connectivity index (χ3v) is 12.9. The van der Waals surface area contributed by atoms with E-state index in [0.717, 1.165) is 161 Å². The van der Waals surface area contributed by atoms with Crippen LogP contribution in [0.3, 0.4) is 0 Å². The van der Waals surface area contributed by atoms with Crippen LogP contribution in [-0.4, -0.2) is 37.2 Å². The summed E-state index contributed by atoms with van der Waals surface area (Å²) in [6.07, 6.45) is 97.9. The number of hydrogen-bond donors (Lipinski definition) is 0. The van der Waals surface area contributed by atoms with Crippen molar-refractivity contribution in [1.82, 2.24) is 0 Å². The summed E-state index contributed by atoms with van der Waals surface area (Å²) in [6, 6.07) is 0. The zero-order valence-corrected chi connectivity index (χ0v) is 51.3. The van der Waals surface area contributed by atoms with E-state index in [-0.39, 0.29) is 37.5 Å². The van der Waals surface area contributed by atoms with Crippen LogP contribution in [0.1, 0.15) is 258 Å². The van der Waals surface area contributed by atoms with E-state index in [2.05, 4.69) is 191 Å². The van der Waals surface area contributed by atoms with Crippen LogP contribution in [0, 0.1) is 0 Å². The Balaban J connectivity index is 4.51. The first-order valence-electron chi connectivity index (χ1n) is 32.1. The second-order valence-electron chi connectivity index (χ2n) is 20.5. The molecule has 0 aliphatic heterocycles. The molecule has 0 rings (SSSR count). The van der Waals surface area contributed by atoms with Gasteiger partial charge in [-0.05, 0) is 148 Å². The lowest BCUT2D eigenvalue weighted by Crippen LogP contribution is -2.30. The first-order chi connectivity index (χ1) is 39.5. The van der Waals surface area contributed by atoms with Crippen molar-refractivity contribution < 1.29 is 28.6 Å². The lowest BCUT2D eigenvalue weighted by Gasteiger charge is -2.18. The predicted octanol–water partition coefficient (Wildman–Crippen LogP) is 22.3. The van der Waals surface area contributed by atoms with Gasteiger partial charge in [0, 0.05) is 19.3 Å². The van der Waals surface area contributed by atoms with Gasteiger partial charge in [0.25, 0.3) is 0 Å².